The number of halogens is 1. The Bertz CT molecular complexity index is 425. The van der Waals surface area contributed by atoms with Gasteiger partial charge in [-0.2, -0.15) is 0 Å². The van der Waals surface area contributed by atoms with Crippen molar-refractivity contribution < 1.29 is 18.7 Å². The maximum Gasteiger partial charge on any atom is 0.321 e. The number of methoxy groups -OCH3 is 1. The minimum absolute atomic E-state index is 0.0866. The number of rotatable bonds is 6. The topological polar surface area (TPSA) is 67.4 Å². The Kier molecular flexibility index (Phi) is 6.91. The monoisotopic (exact) mass is 286 g/mol. The van der Waals surface area contributed by atoms with Gasteiger partial charge in [-0.3, -0.25) is 10.1 Å². The number of hydrogen-bond donors (Lipinski definition) is 2. The molecule has 1 aromatic carbocycles. The number of benzene rings is 1. The van der Waals surface area contributed by atoms with Gasteiger partial charge >= 0.3 is 6.03 Å². The number of ether oxygens (including phenoxy) is 1. The van der Waals surface area contributed by atoms with E-state index >= 15 is 0 Å². The molecule has 0 spiro atoms. The van der Waals surface area contributed by atoms with E-state index in [4.69, 9.17) is 4.74 Å². The number of carbonyl (C=O) groups excluding carboxylic acids is 2. The van der Waals surface area contributed by atoms with Gasteiger partial charge in [0.2, 0.25) is 5.91 Å². The van der Waals surface area contributed by atoms with Crippen LogP contribution in [0.5, 0.6) is 0 Å². The van der Waals surface area contributed by atoms with Gasteiger partial charge in [0.15, 0.2) is 0 Å². The third-order valence-electron chi connectivity index (χ3n) is 2.03. The van der Waals surface area contributed by atoms with Gasteiger partial charge in [0.05, 0.1) is 12.4 Å². The fourth-order valence-corrected chi connectivity index (χ4v) is 1.85. The molecule has 0 saturated carbocycles. The lowest BCUT2D eigenvalue weighted by Gasteiger charge is -2.06. The Morgan fingerprint density at radius 1 is 1.32 bits per heavy atom. The van der Waals surface area contributed by atoms with E-state index in [9.17, 15) is 14.0 Å². The standard InChI is InChI=1S/C12H15FN2O3S/c1-18-7-6-14-12(17)15-11(16)8-19-10-4-2-9(13)3-5-10/h2-5H,6-8H2,1H3,(H2,14,15,16,17). The van der Waals surface area contributed by atoms with E-state index in [0.29, 0.717) is 13.2 Å². The molecule has 104 valence electrons. The molecule has 2 N–H and O–H groups in total. The van der Waals surface area contributed by atoms with Gasteiger partial charge in [0.25, 0.3) is 0 Å². The van der Waals surface area contributed by atoms with Crippen molar-refractivity contribution >= 4 is 23.7 Å². The first-order valence-corrected chi connectivity index (χ1v) is 6.55. The number of thioether (sulfide) groups is 1. The number of nitrogens with one attached hydrogen (secondary N) is 2. The lowest BCUT2D eigenvalue weighted by atomic mass is 10.4. The van der Waals surface area contributed by atoms with Crippen molar-refractivity contribution in [3.63, 3.8) is 0 Å². The third kappa shape index (κ3) is 6.78. The number of imide groups is 1. The zero-order valence-electron chi connectivity index (χ0n) is 10.4. The second-order valence-corrected chi connectivity index (χ2v) is 4.59. The van der Waals surface area contributed by atoms with Gasteiger partial charge in [-0.15, -0.1) is 11.8 Å². The number of amides is 3. The summed E-state index contributed by atoms with van der Waals surface area (Å²) in [5.74, 6) is -0.654. The molecular weight excluding hydrogens is 271 g/mol. The highest BCUT2D eigenvalue weighted by molar-refractivity contribution is 8.00. The van der Waals surface area contributed by atoms with Crippen LogP contribution in [-0.4, -0.2) is 38.0 Å². The predicted octanol–water partition coefficient (Wildman–Crippen LogP) is 1.39. The molecule has 0 heterocycles. The van der Waals surface area contributed by atoms with Gasteiger partial charge < -0.3 is 10.1 Å². The predicted molar refractivity (Wildman–Crippen MR) is 70.5 cm³/mol. The molecule has 0 radical (unpaired) electrons. The van der Waals surface area contributed by atoms with E-state index in [1.54, 1.807) is 12.1 Å². The highest BCUT2D eigenvalue weighted by Gasteiger charge is 2.07. The Balaban J connectivity index is 2.24. The maximum atomic E-state index is 12.7. The first-order valence-electron chi connectivity index (χ1n) is 5.57. The summed E-state index contributed by atoms with van der Waals surface area (Å²) in [4.78, 5) is 23.4. The van der Waals surface area contributed by atoms with E-state index in [1.807, 2.05) is 0 Å². The zero-order chi connectivity index (χ0) is 14.1. The molecule has 0 aliphatic heterocycles. The average molecular weight is 286 g/mol. The van der Waals surface area contributed by atoms with Gasteiger partial charge in [-0.25, -0.2) is 9.18 Å². The van der Waals surface area contributed by atoms with Crippen LogP contribution in [0.3, 0.4) is 0 Å². The van der Waals surface area contributed by atoms with Crippen molar-refractivity contribution in [3.05, 3.63) is 30.1 Å². The molecule has 1 aromatic rings. The van der Waals surface area contributed by atoms with Crippen LogP contribution in [0.15, 0.2) is 29.2 Å². The Morgan fingerprint density at radius 3 is 2.63 bits per heavy atom. The van der Waals surface area contributed by atoms with Crippen LogP contribution in [-0.2, 0) is 9.53 Å². The van der Waals surface area contributed by atoms with Crippen molar-refractivity contribution in [2.24, 2.45) is 0 Å². The first kappa shape index (κ1) is 15.5. The minimum Gasteiger partial charge on any atom is -0.383 e. The highest BCUT2D eigenvalue weighted by Crippen LogP contribution is 2.17. The van der Waals surface area contributed by atoms with Crippen molar-refractivity contribution in [1.82, 2.24) is 10.6 Å². The van der Waals surface area contributed by atoms with Crippen LogP contribution in [0.2, 0.25) is 0 Å². The van der Waals surface area contributed by atoms with E-state index in [1.165, 1.54) is 31.0 Å². The normalized spacial score (nSPS) is 10.0. The first-order chi connectivity index (χ1) is 9.11. The van der Waals surface area contributed by atoms with Crippen LogP contribution in [0, 0.1) is 5.82 Å². The summed E-state index contributed by atoms with van der Waals surface area (Å²) < 4.78 is 17.4. The molecule has 0 aliphatic carbocycles. The van der Waals surface area contributed by atoms with Crippen molar-refractivity contribution in [1.29, 1.82) is 0 Å². The summed E-state index contributed by atoms with van der Waals surface area (Å²) in [6.45, 7) is 0.715. The summed E-state index contributed by atoms with van der Waals surface area (Å²) in [5, 5.41) is 4.65. The Hall–Kier alpha value is -1.60. The number of hydrogen-bond acceptors (Lipinski definition) is 4. The summed E-state index contributed by atoms with van der Waals surface area (Å²) in [6, 6.07) is 5.23. The molecule has 0 bridgehead atoms. The number of carbonyl (C=O) groups is 2. The van der Waals surface area contributed by atoms with Crippen molar-refractivity contribution in [3.8, 4) is 0 Å². The fraction of sp³-hybridized carbons (Fsp3) is 0.333. The van der Waals surface area contributed by atoms with Crippen LogP contribution in [0.1, 0.15) is 0 Å². The minimum atomic E-state index is -0.554. The Morgan fingerprint density at radius 2 is 2.00 bits per heavy atom. The molecule has 5 nitrogen and oxygen atoms in total. The summed E-state index contributed by atoms with van der Waals surface area (Å²) in [7, 11) is 1.52. The van der Waals surface area contributed by atoms with Crippen molar-refractivity contribution in [2.45, 2.75) is 4.90 Å². The molecule has 0 aromatic heterocycles. The highest BCUT2D eigenvalue weighted by atomic mass is 32.2. The van der Waals surface area contributed by atoms with E-state index in [0.717, 1.165) is 4.90 Å². The largest absolute Gasteiger partial charge is 0.383 e. The molecule has 0 atom stereocenters. The summed E-state index contributed by atoms with van der Waals surface area (Å²) in [5.41, 5.74) is 0. The smallest absolute Gasteiger partial charge is 0.321 e. The molecule has 0 saturated heterocycles. The molecular formula is C12H15FN2O3S. The molecule has 1 rings (SSSR count). The summed E-state index contributed by atoms with van der Waals surface area (Å²) >= 11 is 1.22. The third-order valence-corrected chi connectivity index (χ3v) is 3.04. The van der Waals surface area contributed by atoms with E-state index in [-0.39, 0.29) is 11.6 Å². The molecule has 0 aliphatic rings. The summed E-state index contributed by atoms with van der Waals surface area (Å²) in [6.07, 6.45) is 0. The Labute approximate surface area is 114 Å². The van der Waals surface area contributed by atoms with Gasteiger partial charge in [-0.05, 0) is 24.3 Å². The van der Waals surface area contributed by atoms with Gasteiger partial charge in [-0.1, -0.05) is 0 Å². The second kappa shape index (κ2) is 8.49. The molecule has 0 unspecified atom stereocenters. The van der Waals surface area contributed by atoms with Crippen LogP contribution in [0.25, 0.3) is 0 Å². The van der Waals surface area contributed by atoms with Gasteiger partial charge in [0, 0.05) is 18.6 Å². The fourth-order valence-electron chi connectivity index (χ4n) is 1.15. The quantitative estimate of drug-likeness (QED) is 0.612. The zero-order valence-corrected chi connectivity index (χ0v) is 11.3. The van der Waals surface area contributed by atoms with Gasteiger partial charge in [0.1, 0.15) is 5.82 Å². The van der Waals surface area contributed by atoms with Crippen LogP contribution in [0.4, 0.5) is 9.18 Å². The average Bonchev–Trinajstić information content (AvgIpc) is 2.38. The number of urea groups is 1. The molecule has 3 amide bonds. The van der Waals surface area contributed by atoms with Crippen molar-refractivity contribution in [2.75, 3.05) is 26.0 Å². The lowest BCUT2D eigenvalue weighted by molar-refractivity contribution is -0.117. The van der Waals surface area contributed by atoms with Crippen LogP contribution >= 0.6 is 11.8 Å². The molecule has 7 heteroatoms. The van der Waals surface area contributed by atoms with Crippen LogP contribution < -0.4 is 10.6 Å². The molecule has 0 fully saturated rings. The SMILES string of the molecule is COCCNC(=O)NC(=O)CSc1ccc(F)cc1. The lowest BCUT2D eigenvalue weighted by Crippen LogP contribution is -2.41. The van der Waals surface area contributed by atoms with E-state index in [2.05, 4.69) is 10.6 Å². The maximum absolute atomic E-state index is 12.7. The molecule has 19 heavy (non-hydrogen) atoms. The second-order valence-electron chi connectivity index (χ2n) is 3.54. The van der Waals surface area contributed by atoms with E-state index < -0.39 is 11.9 Å².